The second-order valence-electron chi connectivity index (χ2n) is 3.20. The van der Waals surface area contributed by atoms with Crippen molar-refractivity contribution in [1.29, 1.82) is 0 Å². The van der Waals surface area contributed by atoms with Gasteiger partial charge in [0.05, 0.1) is 4.90 Å². The molecule has 0 atom stereocenters. The third-order valence-corrected chi connectivity index (χ3v) is 3.70. The first-order valence-electron chi connectivity index (χ1n) is 4.53. The molecule has 1 aromatic carbocycles. The van der Waals surface area contributed by atoms with E-state index in [2.05, 4.69) is 5.32 Å². The SMILES string of the molecule is CNC(=O)Oc1cccc2c1C=CS2(O)O. The van der Waals surface area contributed by atoms with E-state index in [1.165, 1.54) is 12.5 Å². The van der Waals surface area contributed by atoms with E-state index >= 15 is 0 Å². The zero-order valence-corrected chi connectivity index (χ0v) is 9.32. The fourth-order valence-corrected chi connectivity index (χ4v) is 2.67. The normalized spacial score (nSPS) is 17.7. The zero-order valence-electron chi connectivity index (χ0n) is 8.51. The molecule has 0 saturated heterocycles. The Morgan fingerprint density at radius 1 is 1.44 bits per heavy atom. The smallest absolute Gasteiger partial charge is 0.410 e. The van der Waals surface area contributed by atoms with Crippen LogP contribution < -0.4 is 10.1 Å². The monoisotopic (exact) mass is 241 g/mol. The van der Waals surface area contributed by atoms with E-state index < -0.39 is 16.7 Å². The predicted octanol–water partition coefficient (Wildman–Crippen LogP) is 2.50. The highest BCUT2D eigenvalue weighted by atomic mass is 32.3. The Morgan fingerprint density at radius 2 is 2.19 bits per heavy atom. The first-order chi connectivity index (χ1) is 7.54. The maximum absolute atomic E-state index is 11.1. The summed E-state index contributed by atoms with van der Waals surface area (Å²) in [6, 6.07) is 4.80. The van der Waals surface area contributed by atoms with Crippen molar-refractivity contribution in [2.75, 3.05) is 7.05 Å². The molecule has 0 aliphatic carbocycles. The number of carbonyl (C=O) groups is 1. The van der Waals surface area contributed by atoms with Crippen molar-refractivity contribution in [3.8, 4) is 5.75 Å². The number of hydrogen-bond acceptors (Lipinski definition) is 4. The molecule has 1 aromatic rings. The molecular weight excluding hydrogens is 230 g/mol. The summed E-state index contributed by atoms with van der Waals surface area (Å²) in [6.45, 7) is 0. The molecule has 0 unspecified atom stereocenters. The van der Waals surface area contributed by atoms with Gasteiger partial charge in [-0.2, -0.15) is 0 Å². The van der Waals surface area contributed by atoms with Gasteiger partial charge in [-0.15, -0.1) is 10.6 Å². The van der Waals surface area contributed by atoms with E-state index in [1.54, 1.807) is 24.3 Å². The minimum atomic E-state index is -2.86. The number of carbonyl (C=O) groups excluding carboxylic acids is 1. The van der Waals surface area contributed by atoms with Crippen molar-refractivity contribution in [3.63, 3.8) is 0 Å². The number of ether oxygens (including phenoxy) is 1. The number of benzene rings is 1. The topological polar surface area (TPSA) is 78.8 Å². The molecule has 0 fully saturated rings. The van der Waals surface area contributed by atoms with E-state index in [4.69, 9.17) is 4.74 Å². The van der Waals surface area contributed by atoms with Crippen LogP contribution in [0.15, 0.2) is 28.5 Å². The lowest BCUT2D eigenvalue weighted by Gasteiger charge is -2.25. The first-order valence-corrected chi connectivity index (χ1v) is 6.14. The minimum Gasteiger partial charge on any atom is -0.410 e. The molecule has 0 saturated carbocycles. The van der Waals surface area contributed by atoms with Gasteiger partial charge < -0.3 is 10.1 Å². The Hall–Kier alpha value is -1.50. The van der Waals surface area contributed by atoms with Gasteiger partial charge >= 0.3 is 6.09 Å². The molecule has 0 spiro atoms. The summed E-state index contributed by atoms with van der Waals surface area (Å²) in [5.41, 5.74) is 0.533. The van der Waals surface area contributed by atoms with Gasteiger partial charge in [-0.05, 0) is 18.2 Å². The lowest BCUT2D eigenvalue weighted by atomic mass is 10.2. The van der Waals surface area contributed by atoms with Crippen LogP contribution in [0.25, 0.3) is 6.08 Å². The van der Waals surface area contributed by atoms with Crippen LogP contribution in [0.3, 0.4) is 0 Å². The molecule has 1 aliphatic rings. The third kappa shape index (κ3) is 1.78. The summed E-state index contributed by atoms with van der Waals surface area (Å²) in [5, 5.41) is 3.64. The van der Waals surface area contributed by atoms with E-state index in [1.807, 2.05) is 0 Å². The van der Waals surface area contributed by atoms with Crippen LogP contribution in [0.4, 0.5) is 4.79 Å². The Labute approximate surface area is 94.1 Å². The highest BCUT2D eigenvalue weighted by Gasteiger charge is 2.24. The zero-order chi connectivity index (χ0) is 11.8. The fourth-order valence-electron chi connectivity index (χ4n) is 1.43. The summed E-state index contributed by atoms with van der Waals surface area (Å²) in [6.07, 6.45) is 0.952. The highest BCUT2D eigenvalue weighted by molar-refractivity contribution is 8.27. The second kappa shape index (κ2) is 3.82. The van der Waals surface area contributed by atoms with Crippen molar-refractivity contribution in [2.45, 2.75) is 4.90 Å². The summed E-state index contributed by atoms with van der Waals surface area (Å²) in [4.78, 5) is 11.5. The van der Waals surface area contributed by atoms with Crippen LogP contribution in [0, 0.1) is 0 Å². The van der Waals surface area contributed by atoms with E-state index in [-0.39, 0.29) is 0 Å². The molecule has 3 N–H and O–H groups in total. The number of hydrogen-bond donors (Lipinski definition) is 3. The molecule has 1 heterocycles. The minimum absolute atomic E-state index is 0.311. The van der Waals surface area contributed by atoms with Gasteiger partial charge in [-0.1, -0.05) is 6.07 Å². The summed E-state index contributed by atoms with van der Waals surface area (Å²) < 4.78 is 24.3. The Balaban J connectivity index is 2.40. The average Bonchev–Trinajstić information content (AvgIpc) is 2.56. The molecular formula is C10H11NO4S. The van der Waals surface area contributed by atoms with Crippen LogP contribution in [-0.2, 0) is 0 Å². The average molecular weight is 241 g/mol. The fraction of sp³-hybridized carbons (Fsp3) is 0.100. The van der Waals surface area contributed by atoms with Gasteiger partial charge in [0.2, 0.25) is 0 Å². The van der Waals surface area contributed by atoms with Gasteiger partial charge in [-0.25, -0.2) is 4.79 Å². The molecule has 86 valence electrons. The van der Waals surface area contributed by atoms with Crippen LogP contribution >= 0.6 is 10.6 Å². The van der Waals surface area contributed by atoms with Gasteiger partial charge in [0.1, 0.15) is 5.75 Å². The summed E-state index contributed by atoms with van der Waals surface area (Å²) in [7, 11) is -1.41. The van der Waals surface area contributed by atoms with Crippen molar-refractivity contribution < 1.29 is 18.6 Å². The molecule has 6 heteroatoms. The predicted molar refractivity (Wildman–Crippen MR) is 61.7 cm³/mol. The first kappa shape index (κ1) is 11.0. The number of nitrogens with one attached hydrogen (secondary N) is 1. The lowest BCUT2D eigenvalue weighted by molar-refractivity contribution is 0.202. The van der Waals surface area contributed by atoms with Crippen molar-refractivity contribution in [1.82, 2.24) is 5.32 Å². The van der Waals surface area contributed by atoms with Crippen LogP contribution in [0.2, 0.25) is 0 Å². The van der Waals surface area contributed by atoms with E-state index in [0.717, 1.165) is 0 Å². The lowest BCUT2D eigenvalue weighted by Crippen LogP contribution is -2.22. The van der Waals surface area contributed by atoms with E-state index in [9.17, 15) is 13.9 Å². The van der Waals surface area contributed by atoms with Gasteiger partial charge in [0, 0.05) is 18.0 Å². The molecule has 16 heavy (non-hydrogen) atoms. The molecule has 5 nitrogen and oxygen atoms in total. The van der Waals surface area contributed by atoms with Crippen molar-refractivity contribution >= 4 is 22.8 Å². The van der Waals surface area contributed by atoms with Gasteiger partial charge in [0.25, 0.3) is 0 Å². The molecule has 2 rings (SSSR count). The molecule has 0 bridgehead atoms. The van der Waals surface area contributed by atoms with Gasteiger partial charge in [-0.3, -0.25) is 9.11 Å². The quantitative estimate of drug-likeness (QED) is 0.705. The Kier molecular flexibility index (Phi) is 2.63. The summed E-state index contributed by atoms with van der Waals surface area (Å²) >= 11 is 0. The summed E-state index contributed by atoms with van der Waals surface area (Å²) in [5.74, 6) is 0.311. The van der Waals surface area contributed by atoms with Crippen molar-refractivity contribution in [2.24, 2.45) is 0 Å². The van der Waals surface area contributed by atoms with Gasteiger partial charge in [0.15, 0.2) is 0 Å². The Morgan fingerprint density at radius 3 is 2.88 bits per heavy atom. The molecule has 0 aromatic heterocycles. The van der Waals surface area contributed by atoms with Crippen LogP contribution in [0.1, 0.15) is 5.56 Å². The maximum Gasteiger partial charge on any atom is 0.412 e. The Bertz CT molecular complexity index is 470. The standard InChI is InChI=1S/C10H11NO4S/c1-11-10(12)15-8-3-2-4-9-7(8)5-6-16(9,13)14/h2-6,13-14H,1H3,(H,11,12). The second-order valence-corrected chi connectivity index (χ2v) is 5.10. The highest BCUT2D eigenvalue weighted by Crippen LogP contribution is 2.57. The largest absolute Gasteiger partial charge is 0.412 e. The van der Waals surface area contributed by atoms with Crippen LogP contribution in [0.5, 0.6) is 5.75 Å². The number of amides is 1. The number of fused-ring (bicyclic) bond motifs is 1. The van der Waals surface area contributed by atoms with E-state index in [0.29, 0.717) is 16.2 Å². The molecule has 1 aliphatic heterocycles. The number of rotatable bonds is 1. The maximum atomic E-state index is 11.1. The third-order valence-electron chi connectivity index (χ3n) is 2.18. The van der Waals surface area contributed by atoms with Crippen LogP contribution in [-0.4, -0.2) is 22.2 Å². The molecule has 0 radical (unpaired) electrons. The molecule has 1 amide bonds. The van der Waals surface area contributed by atoms with Crippen molar-refractivity contribution in [3.05, 3.63) is 29.2 Å².